The van der Waals surface area contributed by atoms with Gasteiger partial charge in [-0.15, -0.1) is 22.7 Å². The van der Waals surface area contributed by atoms with Gasteiger partial charge in [0, 0.05) is 28.1 Å². The van der Waals surface area contributed by atoms with Crippen molar-refractivity contribution in [1.29, 1.82) is 0 Å². The summed E-state index contributed by atoms with van der Waals surface area (Å²) in [5.74, 6) is -0.0983. The molecule has 0 atom stereocenters. The van der Waals surface area contributed by atoms with Crippen LogP contribution in [0.15, 0.2) is 35.7 Å². The molecule has 4 rings (SSSR count). The van der Waals surface area contributed by atoms with Crippen LogP contribution in [0.5, 0.6) is 0 Å². The summed E-state index contributed by atoms with van der Waals surface area (Å²) >= 11 is 14.7. The molecule has 3 aromatic rings. The molecule has 0 bridgehead atoms. The van der Waals surface area contributed by atoms with Crippen LogP contribution >= 0.6 is 45.9 Å². The Morgan fingerprint density at radius 3 is 2.48 bits per heavy atom. The number of nitrogens with one attached hydrogen (secondary N) is 2. The highest BCUT2D eigenvalue weighted by atomic mass is 35.5. The van der Waals surface area contributed by atoms with Crippen LogP contribution in [0.1, 0.15) is 23.2 Å². The molecule has 0 spiro atoms. The van der Waals surface area contributed by atoms with E-state index in [1.165, 1.54) is 22.7 Å². The summed E-state index contributed by atoms with van der Waals surface area (Å²) in [6, 6.07) is 8.53. The average Bonchev–Trinajstić information content (AvgIpc) is 3.31. The first-order chi connectivity index (χ1) is 13.0. The number of halogens is 2. The minimum absolute atomic E-state index is 0.0368. The SMILES string of the molecule is O=C(Nc1nc(-c2cc(Cl)sc2Cl)cs1)c1ccc(NC(=O)C2CC2)cc1. The Kier molecular flexibility index (Phi) is 5.19. The highest BCUT2D eigenvalue weighted by Gasteiger charge is 2.29. The van der Waals surface area contributed by atoms with Gasteiger partial charge in [0.1, 0.15) is 4.34 Å². The number of thiophene rings is 1. The molecule has 2 aromatic heterocycles. The fourth-order valence-corrected chi connectivity index (χ4v) is 4.62. The number of carbonyl (C=O) groups excluding carboxylic acids is 2. The lowest BCUT2D eigenvalue weighted by Crippen LogP contribution is -2.14. The molecule has 27 heavy (non-hydrogen) atoms. The van der Waals surface area contributed by atoms with Crippen molar-refractivity contribution in [2.24, 2.45) is 5.92 Å². The van der Waals surface area contributed by atoms with Gasteiger partial charge >= 0.3 is 0 Å². The Balaban J connectivity index is 1.41. The zero-order valence-corrected chi connectivity index (χ0v) is 16.9. The molecule has 1 fully saturated rings. The van der Waals surface area contributed by atoms with Gasteiger partial charge in [-0.05, 0) is 43.2 Å². The Hall–Kier alpha value is -1.93. The maximum atomic E-state index is 12.4. The second kappa shape index (κ2) is 7.59. The maximum Gasteiger partial charge on any atom is 0.257 e. The van der Waals surface area contributed by atoms with Crippen LogP contribution in [0.4, 0.5) is 10.8 Å². The third kappa shape index (κ3) is 4.32. The lowest BCUT2D eigenvalue weighted by molar-refractivity contribution is -0.117. The van der Waals surface area contributed by atoms with Gasteiger partial charge in [-0.1, -0.05) is 23.2 Å². The summed E-state index contributed by atoms with van der Waals surface area (Å²) in [7, 11) is 0. The Morgan fingerprint density at radius 2 is 1.85 bits per heavy atom. The molecule has 2 N–H and O–H groups in total. The van der Waals surface area contributed by atoms with E-state index in [2.05, 4.69) is 15.6 Å². The number of amides is 2. The van der Waals surface area contributed by atoms with E-state index < -0.39 is 0 Å². The molecule has 0 saturated heterocycles. The summed E-state index contributed by atoms with van der Waals surface area (Å²) in [5.41, 5.74) is 2.58. The van der Waals surface area contributed by atoms with Gasteiger partial charge in [0.05, 0.1) is 10.0 Å². The molecule has 9 heteroatoms. The molecule has 2 heterocycles. The number of nitrogens with zero attached hydrogens (tertiary/aromatic N) is 1. The lowest BCUT2D eigenvalue weighted by Gasteiger charge is -2.06. The minimum Gasteiger partial charge on any atom is -0.326 e. The van der Waals surface area contributed by atoms with Crippen LogP contribution in [0, 0.1) is 5.92 Å². The minimum atomic E-state index is -0.273. The summed E-state index contributed by atoms with van der Waals surface area (Å²) in [6.07, 6.45) is 1.90. The van der Waals surface area contributed by atoms with E-state index in [4.69, 9.17) is 23.2 Å². The summed E-state index contributed by atoms with van der Waals surface area (Å²) in [5, 5.41) is 7.90. The van der Waals surface area contributed by atoms with E-state index in [9.17, 15) is 9.59 Å². The second-order valence-electron chi connectivity index (χ2n) is 6.07. The first-order valence-electron chi connectivity index (χ1n) is 8.12. The van der Waals surface area contributed by atoms with Gasteiger partial charge < -0.3 is 5.32 Å². The van der Waals surface area contributed by atoms with Crippen LogP contribution < -0.4 is 10.6 Å². The van der Waals surface area contributed by atoms with Crippen molar-refractivity contribution in [3.05, 3.63) is 49.9 Å². The van der Waals surface area contributed by atoms with Crippen LogP contribution in [0.25, 0.3) is 11.3 Å². The second-order valence-corrected chi connectivity index (χ2v) is 9.21. The van der Waals surface area contributed by atoms with Gasteiger partial charge in [0.15, 0.2) is 5.13 Å². The maximum absolute atomic E-state index is 12.4. The van der Waals surface area contributed by atoms with Crippen LogP contribution in [-0.4, -0.2) is 16.8 Å². The van der Waals surface area contributed by atoms with Crippen LogP contribution in [-0.2, 0) is 4.79 Å². The Labute approximate surface area is 173 Å². The normalized spacial score (nSPS) is 13.4. The molecular weight excluding hydrogens is 425 g/mol. The summed E-state index contributed by atoms with van der Waals surface area (Å²) < 4.78 is 1.15. The standard InChI is InChI=1S/C18H13Cl2N3O2S2/c19-14-7-12(15(20)27-14)13-8-26-18(22-13)23-17(25)10-3-5-11(6-4-10)21-16(24)9-1-2-9/h3-9H,1-2H2,(H,21,24)(H,22,23,25). The quantitative estimate of drug-likeness (QED) is 0.531. The van der Waals surface area contributed by atoms with Crippen LogP contribution in [0.2, 0.25) is 8.67 Å². The number of hydrogen-bond acceptors (Lipinski definition) is 5. The molecule has 1 saturated carbocycles. The molecule has 138 valence electrons. The lowest BCUT2D eigenvalue weighted by atomic mass is 10.2. The average molecular weight is 438 g/mol. The molecule has 1 aromatic carbocycles. The topological polar surface area (TPSA) is 71.1 Å². The van der Waals surface area contributed by atoms with E-state index in [-0.39, 0.29) is 17.7 Å². The Bertz CT molecular complexity index is 1010. The van der Waals surface area contributed by atoms with E-state index in [1.807, 2.05) is 5.38 Å². The van der Waals surface area contributed by atoms with E-state index >= 15 is 0 Å². The fraction of sp³-hybridized carbons (Fsp3) is 0.167. The van der Waals surface area contributed by atoms with Crippen molar-refractivity contribution in [3.8, 4) is 11.3 Å². The third-order valence-electron chi connectivity index (χ3n) is 4.02. The number of carbonyl (C=O) groups is 2. The van der Waals surface area contributed by atoms with Crippen LogP contribution in [0.3, 0.4) is 0 Å². The predicted molar refractivity (Wildman–Crippen MR) is 111 cm³/mol. The number of rotatable bonds is 5. The number of hydrogen-bond donors (Lipinski definition) is 2. The molecular formula is C18H13Cl2N3O2S2. The van der Waals surface area contributed by atoms with E-state index in [1.54, 1.807) is 30.3 Å². The molecule has 1 aliphatic carbocycles. The van der Waals surface area contributed by atoms with Crippen molar-refractivity contribution in [2.75, 3.05) is 10.6 Å². The molecule has 0 aliphatic heterocycles. The van der Waals surface area contributed by atoms with Crippen molar-refractivity contribution < 1.29 is 9.59 Å². The number of anilines is 2. The first kappa shape index (κ1) is 18.4. The largest absolute Gasteiger partial charge is 0.326 e. The smallest absolute Gasteiger partial charge is 0.257 e. The van der Waals surface area contributed by atoms with E-state index in [0.29, 0.717) is 30.7 Å². The zero-order valence-electron chi connectivity index (χ0n) is 13.8. The molecule has 2 amide bonds. The molecule has 0 unspecified atom stereocenters. The first-order valence-corrected chi connectivity index (χ1v) is 10.6. The monoisotopic (exact) mass is 437 g/mol. The summed E-state index contributed by atoms with van der Waals surface area (Å²) in [4.78, 5) is 28.6. The van der Waals surface area contributed by atoms with Gasteiger partial charge in [0.2, 0.25) is 5.91 Å². The van der Waals surface area contributed by atoms with Crippen molar-refractivity contribution in [2.45, 2.75) is 12.8 Å². The third-order valence-corrected chi connectivity index (χ3v) is 6.27. The highest BCUT2D eigenvalue weighted by molar-refractivity contribution is 7.20. The number of benzene rings is 1. The van der Waals surface area contributed by atoms with Gasteiger partial charge in [-0.25, -0.2) is 4.98 Å². The van der Waals surface area contributed by atoms with Crippen molar-refractivity contribution >= 4 is 68.5 Å². The van der Waals surface area contributed by atoms with Gasteiger partial charge in [-0.3, -0.25) is 14.9 Å². The fourth-order valence-electron chi connectivity index (χ4n) is 2.43. The van der Waals surface area contributed by atoms with Crippen molar-refractivity contribution in [1.82, 2.24) is 4.98 Å². The summed E-state index contributed by atoms with van der Waals surface area (Å²) in [6.45, 7) is 0. The van der Waals surface area contributed by atoms with Crippen molar-refractivity contribution in [3.63, 3.8) is 0 Å². The number of thiazole rings is 1. The molecule has 0 radical (unpaired) electrons. The molecule has 1 aliphatic rings. The number of aromatic nitrogens is 1. The molecule has 5 nitrogen and oxygen atoms in total. The predicted octanol–water partition coefficient (Wildman–Crippen LogP) is 5.78. The van der Waals surface area contributed by atoms with Gasteiger partial charge in [0.25, 0.3) is 5.91 Å². The van der Waals surface area contributed by atoms with E-state index in [0.717, 1.165) is 18.4 Å². The highest BCUT2D eigenvalue weighted by Crippen LogP contribution is 2.39. The zero-order chi connectivity index (χ0) is 19.0. The Morgan fingerprint density at radius 1 is 1.11 bits per heavy atom. The van der Waals surface area contributed by atoms with Gasteiger partial charge in [-0.2, -0.15) is 0 Å².